The first-order valence-corrected chi connectivity index (χ1v) is 17.9. The zero-order valence-corrected chi connectivity index (χ0v) is 28.6. The number of hydrogen-bond donors (Lipinski definition) is 0. The van der Waals surface area contributed by atoms with Crippen LogP contribution >= 0.6 is 0 Å². The van der Waals surface area contributed by atoms with Crippen molar-refractivity contribution < 1.29 is 0 Å². The van der Waals surface area contributed by atoms with Gasteiger partial charge in [-0.25, -0.2) is 0 Å². The van der Waals surface area contributed by atoms with Crippen molar-refractivity contribution in [2.24, 2.45) is 0 Å². The Labute approximate surface area is 305 Å². The van der Waals surface area contributed by atoms with E-state index in [1.54, 1.807) is 0 Å². The summed E-state index contributed by atoms with van der Waals surface area (Å²) in [6, 6.07) is 61.3. The van der Waals surface area contributed by atoms with Crippen molar-refractivity contribution in [1.29, 1.82) is 5.26 Å². The highest BCUT2D eigenvalue weighted by Crippen LogP contribution is 2.44. The molecule has 53 heavy (non-hydrogen) atoms. The number of nitrogens with zero attached hydrogens (tertiary/aromatic N) is 3. The van der Waals surface area contributed by atoms with Crippen LogP contribution in [-0.2, 0) is 0 Å². The lowest BCUT2D eigenvalue weighted by Gasteiger charge is -2.16. The van der Waals surface area contributed by atoms with Gasteiger partial charge in [-0.3, -0.25) is 4.98 Å². The maximum Gasteiger partial charge on any atom is 0.0992 e. The molecule has 3 nitrogen and oxygen atoms in total. The Morgan fingerprint density at radius 1 is 0.434 bits per heavy atom. The van der Waals surface area contributed by atoms with Crippen LogP contribution < -0.4 is 0 Å². The van der Waals surface area contributed by atoms with Gasteiger partial charge in [0.15, 0.2) is 0 Å². The molecule has 0 bridgehead atoms. The minimum absolute atomic E-state index is 0.666. The molecule has 0 saturated carbocycles. The number of para-hydroxylation sites is 1. The highest BCUT2D eigenvalue weighted by atomic mass is 15.0. The van der Waals surface area contributed by atoms with Gasteiger partial charge in [-0.1, -0.05) is 109 Å². The van der Waals surface area contributed by atoms with Gasteiger partial charge >= 0.3 is 0 Å². The molecular weight excluding hydrogens is 643 g/mol. The molecule has 9 aromatic carbocycles. The third-order valence-corrected chi connectivity index (χ3v) is 11.0. The van der Waals surface area contributed by atoms with E-state index in [0.717, 1.165) is 38.8 Å². The summed E-state index contributed by atoms with van der Waals surface area (Å²) in [7, 11) is 0. The minimum Gasteiger partial charge on any atom is -0.309 e. The average Bonchev–Trinajstić information content (AvgIpc) is 3.57. The van der Waals surface area contributed by atoms with E-state index in [1.165, 1.54) is 65.2 Å². The van der Waals surface area contributed by atoms with Crippen LogP contribution in [0.5, 0.6) is 0 Å². The Balaban J connectivity index is 1.10. The quantitative estimate of drug-likeness (QED) is 0.175. The summed E-state index contributed by atoms with van der Waals surface area (Å²) >= 11 is 0. The Hall–Kier alpha value is -7.28. The van der Waals surface area contributed by atoms with Crippen molar-refractivity contribution in [3.05, 3.63) is 182 Å². The van der Waals surface area contributed by atoms with E-state index < -0.39 is 0 Å². The minimum atomic E-state index is 0.666. The molecular formula is C50H29N3. The van der Waals surface area contributed by atoms with Crippen LogP contribution in [0.2, 0.25) is 0 Å². The zero-order valence-electron chi connectivity index (χ0n) is 28.6. The predicted molar refractivity (Wildman–Crippen MR) is 221 cm³/mol. The van der Waals surface area contributed by atoms with Gasteiger partial charge in [0.2, 0.25) is 0 Å². The maximum absolute atomic E-state index is 9.89. The Morgan fingerprint density at radius 2 is 1.02 bits per heavy atom. The maximum atomic E-state index is 9.89. The number of hydrogen-bond acceptors (Lipinski definition) is 2. The van der Waals surface area contributed by atoms with Gasteiger partial charge in [0, 0.05) is 34.4 Å². The third-order valence-electron chi connectivity index (χ3n) is 11.0. The van der Waals surface area contributed by atoms with Crippen LogP contribution in [0, 0.1) is 11.3 Å². The van der Waals surface area contributed by atoms with Crippen LogP contribution in [0.3, 0.4) is 0 Å². The monoisotopic (exact) mass is 671 g/mol. The van der Waals surface area contributed by atoms with Crippen LogP contribution in [0.4, 0.5) is 0 Å². The lowest BCUT2D eigenvalue weighted by atomic mass is 9.87. The van der Waals surface area contributed by atoms with E-state index >= 15 is 0 Å². The molecule has 0 N–H and O–H groups in total. The SMILES string of the molecule is N#Cc1cc2ccc3cc(-c4ccc(-c5cc6c7ccccc7c(-c7cccnc7)cc6c6ccccc56)cc4)cc4c3c2c(c1)n4-c1ccccc1. The molecule has 0 aliphatic rings. The summed E-state index contributed by atoms with van der Waals surface area (Å²) in [5.74, 6) is 0. The lowest BCUT2D eigenvalue weighted by molar-refractivity contribution is 1.18. The first-order valence-electron chi connectivity index (χ1n) is 17.9. The van der Waals surface area contributed by atoms with E-state index in [-0.39, 0.29) is 0 Å². The van der Waals surface area contributed by atoms with Gasteiger partial charge in [-0.2, -0.15) is 5.26 Å². The predicted octanol–water partition coefficient (Wildman–Crippen LogP) is 13.1. The molecule has 0 aliphatic carbocycles. The zero-order chi connectivity index (χ0) is 35.0. The van der Waals surface area contributed by atoms with Crippen LogP contribution in [0.15, 0.2) is 176 Å². The topological polar surface area (TPSA) is 41.6 Å². The molecule has 2 aromatic heterocycles. The first-order chi connectivity index (χ1) is 26.2. The third kappa shape index (κ3) is 4.43. The van der Waals surface area contributed by atoms with Gasteiger partial charge in [0.05, 0.1) is 22.7 Å². The number of fused-ring (bicyclic) bond motifs is 5. The van der Waals surface area contributed by atoms with E-state index in [2.05, 4.69) is 155 Å². The Kier molecular flexibility index (Phi) is 6.32. The second-order valence-electron chi connectivity index (χ2n) is 13.9. The highest BCUT2D eigenvalue weighted by molar-refractivity contribution is 6.26. The molecule has 0 unspecified atom stereocenters. The standard InChI is InChI=1S/C50H29N3/c51-29-31-23-34-20-21-35-25-37(26-48-50(35)49(34)47(24-31)53(48)38-10-2-1-3-11-38)32-16-18-33(19-17-32)43-27-45-42-15-7-5-13-40(42)44(36-9-8-22-52-30-36)28-46(45)41-14-6-4-12-39(41)43/h1-28,30H. The van der Waals surface area contributed by atoms with Crippen molar-refractivity contribution >= 4 is 64.9 Å². The molecule has 2 heterocycles. The van der Waals surface area contributed by atoms with Gasteiger partial charge in [-0.05, 0) is 126 Å². The van der Waals surface area contributed by atoms with E-state index in [4.69, 9.17) is 0 Å². The van der Waals surface area contributed by atoms with Gasteiger partial charge in [0.25, 0.3) is 0 Å². The molecule has 11 aromatic rings. The van der Waals surface area contributed by atoms with Gasteiger partial charge in [-0.15, -0.1) is 0 Å². The number of nitriles is 1. The highest BCUT2D eigenvalue weighted by Gasteiger charge is 2.20. The van der Waals surface area contributed by atoms with Crippen molar-refractivity contribution in [1.82, 2.24) is 9.55 Å². The van der Waals surface area contributed by atoms with E-state index in [9.17, 15) is 5.26 Å². The summed E-state index contributed by atoms with van der Waals surface area (Å²) in [5.41, 5.74) is 11.0. The van der Waals surface area contributed by atoms with E-state index in [1.807, 2.05) is 36.7 Å². The molecule has 0 spiro atoms. The van der Waals surface area contributed by atoms with Crippen molar-refractivity contribution in [3.8, 4) is 45.1 Å². The Morgan fingerprint density at radius 3 is 1.66 bits per heavy atom. The Bertz CT molecular complexity index is 3260. The van der Waals surface area contributed by atoms with Crippen molar-refractivity contribution in [2.75, 3.05) is 0 Å². The van der Waals surface area contributed by atoms with Crippen molar-refractivity contribution in [2.45, 2.75) is 0 Å². The average molecular weight is 672 g/mol. The normalized spacial score (nSPS) is 11.8. The second-order valence-corrected chi connectivity index (χ2v) is 13.9. The summed E-state index contributed by atoms with van der Waals surface area (Å²) in [6.45, 7) is 0. The fourth-order valence-corrected chi connectivity index (χ4v) is 8.65. The molecule has 0 fully saturated rings. The lowest BCUT2D eigenvalue weighted by Crippen LogP contribution is -1.94. The molecule has 0 aliphatic heterocycles. The molecule has 0 atom stereocenters. The van der Waals surface area contributed by atoms with Crippen LogP contribution in [0.25, 0.3) is 104 Å². The number of pyridine rings is 1. The molecule has 11 rings (SSSR count). The summed E-state index contributed by atoms with van der Waals surface area (Å²) in [6.07, 6.45) is 3.79. The molecule has 3 heteroatoms. The molecule has 0 saturated heterocycles. The molecule has 0 amide bonds. The number of rotatable bonds is 4. The van der Waals surface area contributed by atoms with Crippen LogP contribution in [0.1, 0.15) is 5.56 Å². The van der Waals surface area contributed by atoms with E-state index in [0.29, 0.717) is 5.56 Å². The number of benzene rings is 9. The fraction of sp³-hybridized carbons (Fsp3) is 0. The largest absolute Gasteiger partial charge is 0.309 e. The smallest absolute Gasteiger partial charge is 0.0992 e. The second kappa shape index (κ2) is 11.4. The van der Waals surface area contributed by atoms with Crippen molar-refractivity contribution in [3.63, 3.8) is 0 Å². The number of aromatic nitrogens is 2. The summed E-state index contributed by atoms with van der Waals surface area (Å²) in [5, 5.41) is 22.0. The van der Waals surface area contributed by atoms with Gasteiger partial charge in [0.1, 0.15) is 0 Å². The summed E-state index contributed by atoms with van der Waals surface area (Å²) < 4.78 is 2.31. The molecule has 0 radical (unpaired) electrons. The summed E-state index contributed by atoms with van der Waals surface area (Å²) in [4.78, 5) is 4.44. The molecule has 244 valence electrons. The fourth-order valence-electron chi connectivity index (χ4n) is 8.65. The van der Waals surface area contributed by atoms with Crippen LogP contribution in [-0.4, -0.2) is 9.55 Å². The van der Waals surface area contributed by atoms with Gasteiger partial charge < -0.3 is 4.57 Å². The first kappa shape index (κ1) is 29.5.